The lowest BCUT2D eigenvalue weighted by molar-refractivity contribution is -0.137. The molecule has 5 nitrogen and oxygen atoms in total. The monoisotopic (exact) mass is 333 g/mol. The Morgan fingerprint density at radius 2 is 1.88 bits per heavy atom. The molecule has 0 aliphatic carbocycles. The molecule has 0 bridgehead atoms. The average molecular weight is 333 g/mol. The molecule has 0 saturated heterocycles. The molecule has 3 rings (SSSR count). The first-order chi connectivity index (χ1) is 11.5. The second-order valence-corrected chi connectivity index (χ2v) is 5.43. The van der Waals surface area contributed by atoms with Crippen LogP contribution in [-0.4, -0.2) is 19.1 Å². The van der Waals surface area contributed by atoms with Gasteiger partial charge < -0.3 is 10.2 Å². The number of nitrogens with zero attached hydrogens (tertiary/aromatic N) is 4. The highest BCUT2D eigenvalue weighted by Crippen LogP contribution is 2.37. The molecule has 0 radical (unpaired) electrons. The second kappa shape index (κ2) is 6.33. The molecule has 2 aromatic carbocycles. The number of hydrogen-bond acceptors (Lipinski definition) is 3. The van der Waals surface area contributed by atoms with Gasteiger partial charge in [-0.3, -0.25) is 0 Å². The van der Waals surface area contributed by atoms with Gasteiger partial charge in [-0.1, -0.05) is 17.2 Å². The van der Waals surface area contributed by atoms with Crippen LogP contribution in [0.5, 0.6) is 0 Å². The highest BCUT2D eigenvalue weighted by molar-refractivity contribution is 5.79. The molecule has 0 aromatic heterocycles. The quantitative estimate of drug-likeness (QED) is 0.491. The van der Waals surface area contributed by atoms with Crippen molar-refractivity contribution in [3.05, 3.63) is 64.5 Å². The molecular weight excluding hydrogens is 319 g/mol. The van der Waals surface area contributed by atoms with Crippen LogP contribution in [0.1, 0.15) is 5.56 Å². The molecule has 24 heavy (non-hydrogen) atoms. The van der Waals surface area contributed by atoms with Gasteiger partial charge in [-0.25, -0.2) is 0 Å². The first-order valence-electron chi connectivity index (χ1n) is 7.30. The number of rotatable bonds is 3. The summed E-state index contributed by atoms with van der Waals surface area (Å²) in [6.07, 6.45) is -4.36. The van der Waals surface area contributed by atoms with Crippen molar-refractivity contribution in [1.29, 1.82) is 0 Å². The van der Waals surface area contributed by atoms with E-state index in [0.717, 1.165) is 23.5 Å². The molecule has 0 fully saturated rings. The summed E-state index contributed by atoms with van der Waals surface area (Å²) >= 11 is 0. The summed E-state index contributed by atoms with van der Waals surface area (Å²) in [5.74, 6) is 0. The van der Waals surface area contributed by atoms with Gasteiger partial charge >= 0.3 is 6.18 Å². The summed E-state index contributed by atoms with van der Waals surface area (Å²) in [6.45, 7) is 0.739. The van der Waals surface area contributed by atoms with Gasteiger partial charge in [0.2, 0.25) is 0 Å². The van der Waals surface area contributed by atoms with Crippen molar-refractivity contribution in [1.82, 2.24) is 0 Å². The number of para-hydroxylation sites is 2. The van der Waals surface area contributed by atoms with E-state index in [1.807, 2.05) is 29.2 Å². The Morgan fingerprint density at radius 1 is 1.17 bits per heavy atom. The maximum atomic E-state index is 12.7. The molecule has 1 aliphatic heterocycles. The Kier molecular flexibility index (Phi) is 4.22. The number of nitrogens with one attached hydrogen (secondary N) is 1. The van der Waals surface area contributed by atoms with E-state index in [1.54, 1.807) is 0 Å². The third-order valence-electron chi connectivity index (χ3n) is 3.83. The van der Waals surface area contributed by atoms with E-state index in [-0.39, 0.29) is 12.6 Å². The van der Waals surface area contributed by atoms with E-state index >= 15 is 0 Å². The van der Waals surface area contributed by atoms with E-state index in [2.05, 4.69) is 15.3 Å². The van der Waals surface area contributed by atoms with Crippen molar-refractivity contribution in [3.8, 4) is 0 Å². The van der Waals surface area contributed by atoms with Crippen LogP contribution in [0.4, 0.5) is 30.2 Å². The SMILES string of the molecule is [N-]=[N+]=NCC1CN(c2ccc(C(F)(F)F)cc2)c2ccccc2N1. The maximum absolute atomic E-state index is 12.7. The zero-order valence-electron chi connectivity index (χ0n) is 12.5. The highest BCUT2D eigenvalue weighted by Gasteiger charge is 2.31. The van der Waals surface area contributed by atoms with Crippen molar-refractivity contribution >= 4 is 17.1 Å². The third kappa shape index (κ3) is 3.23. The summed E-state index contributed by atoms with van der Waals surface area (Å²) < 4.78 is 38.2. The Bertz CT molecular complexity index is 766. The van der Waals surface area contributed by atoms with E-state index in [0.29, 0.717) is 12.2 Å². The minimum Gasteiger partial charge on any atom is -0.379 e. The topological polar surface area (TPSA) is 64.0 Å². The zero-order chi connectivity index (χ0) is 17.2. The number of fused-ring (bicyclic) bond motifs is 1. The van der Waals surface area contributed by atoms with Crippen molar-refractivity contribution < 1.29 is 13.2 Å². The zero-order valence-corrected chi connectivity index (χ0v) is 12.5. The van der Waals surface area contributed by atoms with Crippen LogP contribution in [-0.2, 0) is 6.18 Å². The predicted molar refractivity (Wildman–Crippen MR) is 86.3 cm³/mol. The molecule has 124 valence electrons. The number of hydrogen-bond donors (Lipinski definition) is 1. The van der Waals surface area contributed by atoms with Crippen molar-refractivity contribution in [3.63, 3.8) is 0 Å². The number of anilines is 3. The molecular formula is C16H14F3N5. The van der Waals surface area contributed by atoms with Crippen LogP contribution in [0.2, 0.25) is 0 Å². The standard InChI is InChI=1S/C16H14F3N5/c17-16(18,19)11-5-7-13(8-6-11)24-10-12(9-21-23-20)22-14-3-1-2-4-15(14)24/h1-8,12,22H,9-10H2. The number of benzene rings is 2. The average Bonchev–Trinajstić information content (AvgIpc) is 2.58. The first kappa shape index (κ1) is 16.0. The van der Waals surface area contributed by atoms with Crippen LogP contribution in [0, 0.1) is 0 Å². The normalized spacial score (nSPS) is 16.8. The summed E-state index contributed by atoms with van der Waals surface area (Å²) in [6, 6.07) is 12.4. The predicted octanol–water partition coefficient (Wildman–Crippen LogP) is 4.95. The van der Waals surface area contributed by atoms with Crippen LogP contribution in [0.3, 0.4) is 0 Å². The van der Waals surface area contributed by atoms with Gasteiger partial charge in [0, 0.05) is 29.7 Å². The lowest BCUT2D eigenvalue weighted by atomic mass is 10.1. The molecule has 1 heterocycles. The molecule has 0 amide bonds. The summed E-state index contributed by atoms with van der Waals surface area (Å²) in [7, 11) is 0. The largest absolute Gasteiger partial charge is 0.416 e. The van der Waals surface area contributed by atoms with Gasteiger partial charge in [-0.2, -0.15) is 13.2 Å². The molecule has 0 spiro atoms. The van der Waals surface area contributed by atoms with Crippen molar-refractivity contribution in [2.24, 2.45) is 5.11 Å². The number of halogens is 3. The summed E-state index contributed by atoms with van der Waals surface area (Å²) in [5.41, 5.74) is 10.2. The summed E-state index contributed by atoms with van der Waals surface area (Å²) in [4.78, 5) is 4.68. The van der Waals surface area contributed by atoms with Crippen molar-refractivity contribution in [2.75, 3.05) is 23.3 Å². The molecule has 1 unspecified atom stereocenters. The van der Waals surface area contributed by atoms with Gasteiger partial charge in [-0.15, -0.1) is 0 Å². The minimum absolute atomic E-state index is 0.127. The van der Waals surface area contributed by atoms with E-state index in [1.165, 1.54) is 12.1 Å². The van der Waals surface area contributed by atoms with Crippen LogP contribution in [0.15, 0.2) is 53.6 Å². The third-order valence-corrected chi connectivity index (χ3v) is 3.83. The van der Waals surface area contributed by atoms with Gasteiger partial charge in [0.15, 0.2) is 0 Å². The Hall–Kier alpha value is -2.86. The fourth-order valence-corrected chi connectivity index (χ4v) is 2.73. The molecule has 0 saturated carbocycles. The van der Waals surface area contributed by atoms with E-state index in [9.17, 15) is 13.2 Å². The molecule has 1 aliphatic rings. The lowest BCUT2D eigenvalue weighted by Crippen LogP contribution is -2.40. The smallest absolute Gasteiger partial charge is 0.379 e. The molecule has 8 heteroatoms. The van der Waals surface area contributed by atoms with E-state index < -0.39 is 11.7 Å². The number of alkyl halides is 3. The maximum Gasteiger partial charge on any atom is 0.416 e. The van der Waals surface area contributed by atoms with Gasteiger partial charge in [0.25, 0.3) is 0 Å². The molecule has 1 N–H and O–H groups in total. The Morgan fingerprint density at radius 3 is 2.54 bits per heavy atom. The second-order valence-electron chi connectivity index (χ2n) is 5.43. The first-order valence-corrected chi connectivity index (χ1v) is 7.30. The van der Waals surface area contributed by atoms with Gasteiger partial charge in [0.05, 0.1) is 16.9 Å². The van der Waals surface area contributed by atoms with Crippen molar-refractivity contribution in [2.45, 2.75) is 12.2 Å². The van der Waals surface area contributed by atoms with Crippen LogP contribution >= 0.6 is 0 Å². The Balaban J connectivity index is 1.94. The van der Waals surface area contributed by atoms with Crippen LogP contribution < -0.4 is 10.2 Å². The summed E-state index contributed by atoms with van der Waals surface area (Å²) in [5, 5.41) is 6.87. The van der Waals surface area contributed by atoms with Crippen LogP contribution in [0.25, 0.3) is 10.4 Å². The van der Waals surface area contributed by atoms with Gasteiger partial charge in [0.1, 0.15) is 0 Å². The Labute approximate surface area is 136 Å². The fraction of sp³-hybridized carbons (Fsp3) is 0.250. The minimum atomic E-state index is -4.36. The molecule has 1 atom stereocenters. The lowest BCUT2D eigenvalue weighted by Gasteiger charge is -2.37. The highest BCUT2D eigenvalue weighted by atomic mass is 19.4. The molecule has 2 aromatic rings. The number of azide groups is 1. The van der Waals surface area contributed by atoms with Gasteiger partial charge in [-0.05, 0) is 41.9 Å². The fourth-order valence-electron chi connectivity index (χ4n) is 2.73. The van der Waals surface area contributed by atoms with E-state index in [4.69, 9.17) is 5.53 Å².